The first-order chi connectivity index (χ1) is 13.5. The monoisotopic (exact) mass is 460 g/mol. The number of nitrogens with zero attached hydrogens (tertiary/aromatic N) is 1. The van der Waals surface area contributed by atoms with Crippen molar-refractivity contribution >= 4 is 37.5 Å². The number of fused-ring (bicyclic) bond motifs is 3. The van der Waals surface area contributed by atoms with E-state index in [0.717, 1.165) is 29.3 Å². The molecule has 1 amide bonds. The Morgan fingerprint density at radius 1 is 1.11 bits per heavy atom. The fourth-order valence-corrected chi connectivity index (χ4v) is 5.75. The summed E-state index contributed by atoms with van der Waals surface area (Å²) in [4.78, 5) is 12.8. The molecule has 2 aliphatic rings. The number of benzene rings is 2. The summed E-state index contributed by atoms with van der Waals surface area (Å²) in [5, 5.41) is 2.88. The van der Waals surface area contributed by atoms with Crippen molar-refractivity contribution in [1.29, 1.82) is 0 Å². The lowest BCUT2D eigenvalue weighted by molar-refractivity contribution is -0.119. The third kappa shape index (κ3) is 3.61. The van der Waals surface area contributed by atoms with E-state index in [2.05, 4.69) is 27.3 Å². The molecule has 146 valence electrons. The minimum atomic E-state index is -3.80. The maximum absolute atomic E-state index is 13.2. The molecule has 28 heavy (non-hydrogen) atoms. The van der Waals surface area contributed by atoms with Crippen molar-refractivity contribution in [2.45, 2.75) is 30.6 Å². The zero-order valence-corrected chi connectivity index (χ0v) is 17.7. The SMILES string of the molecule is O=C(CN1c2ccc(Br)cc2-c2ccccc2S1(=O)=O)NCC1=CCCCC1. The number of rotatable bonds is 4. The number of anilines is 1. The molecule has 0 atom stereocenters. The molecule has 0 saturated heterocycles. The van der Waals surface area contributed by atoms with Crippen LogP contribution in [0.15, 0.2) is 63.5 Å². The number of carbonyl (C=O) groups is 1. The van der Waals surface area contributed by atoms with Gasteiger partial charge in [-0.2, -0.15) is 0 Å². The van der Waals surface area contributed by atoms with Crippen LogP contribution in [0.3, 0.4) is 0 Å². The topological polar surface area (TPSA) is 66.5 Å². The van der Waals surface area contributed by atoms with Crippen LogP contribution in [-0.2, 0) is 14.8 Å². The predicted octanol–water partition coefficient (Wildman–Crippen LogP) is 4.24. The van der Waals surface area contributed by atoms with Crippen LogP contribution in [0.4, 0.5) is 5.69 Å². The van der Waals surface area contributed by atoms with Gasteiger partial charge in [0.2, 0.25) is 5.91 Å². The van der Waals surface area contributed by atoms with Crippen molar-refractivity contribution in [1.82, 2.24) is 5.32 Å². The number of nitrogens with one attached hydrogen (secondary N) is 1. The molecular weight excluding hydrogens is 440 g/mol. The Morgan fingerprint density at radius 2 is 1.93 bits per heavy atom. The lowest BCUT2D eigenvalue weighted by atomic mass is 10.00. The molecule has 2 aromatic carbocycles. The summed E-state index contributed by atoms with van der Waals surface area (Å²) >= 11 is 3.46. The van der Waals surface area contributed by atoms with Crippen LogP contribution in [0, 0.1) is 0 Å². The van der Waals surface area contributed by atoms with Crippen molar-refractivity contribution < 1.29 is 13.2 Å². The first-order valence-corrected chi connectivity index (χ1v) is 11.6. The Morgan fingerprint density at radius 3 is 2.71 bits per heavy atom. The summed E-state index contributed by atoms with van der Waals surface area (Å²) in [6, 6.07) is 12.3. The van der Waals surface area contributed by atoms with Crippen LogP contribution >= 0.6 is 15.9 Å². The predicted molar refractivity (Wildman–Crippen MR) is 114 cm³/mol. The molecule has 2 aromatic rings. The first-order valence-electron chi connectivity index (χ1n) is 9.33. The summed E-state index contributed by atoms with van der Waals surface area (Å²) in [6.45, 7) is 0.245. The van der Waals surface area contributed by atoms with Crippen molar-refractivity contribution in [2.75, 3.05) is 17.4 Å². The van der Waals surface area contributed by atoms with E-state index in [4.69, 9.17) is 0 Å². The molecule has 1 N–H and O–H groups in total. The Bertz CT molecular complexity index is 1060. The Kier molecular flexibility index (Phi) is 5.29. The van der Waals surface area contributed by atoms with E-state index in [0.29, 0.717) is 17.8 Å². The summed E-state index contributed by atoms with van der Waals surface area (Å²) in [5.41, 5.74) is 3.19. The molecule has 1 aliphatic heterocycles. The van der Waals surface area contributed by atoms with Crippen LogP contribution in [0.5, 0.6) is 0 Å². The van der Waals surface area contributed by atoms with E-state index < -0.39 is 10.0 Å². The summed E-state index contributed by atoms with van der Waals surface area (Å²) in [7, 11) is -3.80. The minimum Gasteiger partial charge on any atom is -0.351 e. The number of halogens is 1. The van der Waals surface area contributed by atoms with Gasteiger partial charge in [0, 0.05) is 22.1 Å². The Labute approximate surface area is 173 Å². The zero-order chi connectivity index (χ0) is 19.7. The van der Waals surface area contributed by atoms with Gasteiger partial charge in [-0.3, -0.25) is 9.10 Å². The number of carbonyl (C=O) groups excluding carboxylic acids is 1. The van der Waals surface area contributed by atoms with Gasteiger partial charge in [-0.15, -0.1) is 0 Å². The van der Waals surface area contributed by atoms with Gasteiger partial charge in [-0.1, -0.05) is 45.8 Å². The summed E-state index contributed by atoms with van der Waals surface area (Å²) in [5.74, 6) is -0.303. The van der Waals surface area contributed by atoms with Gasteiger partial charge in [-0.25, -0.2) is 8.42 Å². The number of sulfonamides is 1. The highest BCUT2D eigenvalue weighted by atomic mass is 79.9. The van der Waals surface area contributed by atoms with Crippen LogP contribution in [0.25, 0.3) is 11.1 Å². The summed E-state index contributed by atoms with van der Waals surface area (Å²) < 4.78 is 28.5. The molecule has 7 heteroatoms. The highest BCUT2D eigenvalue weighted by molar-refractivity contribution is 9.10. The molecule has 0 aromatic heterocycles. The molecular formula is C21H21BrN2O3S. The molecule has 0 spiro atoms. The smallest absolute Gasteiger partial charge is 0.265 e. The minimum absolute atomic E-state index is 0.225. The fourth-order valence-electron chi connectivity index (χ4n) is 3.74. The van der Waals surface area contributed by atoms with Crippen LogP contribution in [0.1, 0.15) is 25.7 Å². The van der Waals surface area contributed by atoms with Gasteiger partial charge in [0.15, 0.2) is 0 Å². The molecule has 4 rings (SSSR count). The number of hydrogen-bond donors (Lipinski definition) is 1. The second-order valence-electron chi connectivity index (χ2n) is 7.05. The average molecular weight is 461 g/mol. The average Bonchev–Trinajstić information content (AvgIpc) is 2.71. The number of hydrogen-bond acceptors (Lipinski definition) is 3. The molecule has 5 nitrogen and oxygen atoms in total. The van der Waals surface area contributed by atoms with Gasteiger partial charge >= 0.3 is 0 Å². The van der Waals surface area contributed by atoms with E-state index in [9.17, 15) is 13.2 Å². The number of amides is 1. The first kappa shape index (κ1) is 19.2. The highest BCUT2D eigenvalue weighted by Gasteiger charge is 2.35. The van der Waals surface area contributed by atoms with Gasteiger partial charge in [0.25, 0.3) is 10.0 Å². The molecule has 0 unspecified atom stereocenters. The van der Waals surface area contributed by atoms with Crippen molar-refractivity contribution in [2.24, 2.45) is 0 Å². The van der Waals surface area contributed by atoms with E-state index in [1.165, 1.54) is 16.3 Å². The Balaban J connectivity index is 1.63. The van der Waals surface area contributed by atoms with E-state index in [-0.39, 0.29) is 17.3 Å². The van der Waals surface area contributed by atoms with Crippen molar-refractivity contribution in [3.05, 3.63) is 58.6 Å². The fraction of sp³-hybridized carbons (Fsp3) is 0.286. The van der Waals surface area contributed by atoms with E-state index in [1.807, 2.05) is 12.1 Å². The Hall–Kier alpha value is -2.12. The molecule has 0 saturated carbocycles. The lowest BCUT2D eigenvalue weighted by Gasteiger charge is -2.31. The third-order valence-electron chi connectivity index (χ3n) is 5.16. The van der Waals surface area contributed by atoms with E-state index >= 15 is 0 Å². The largest absolute Gasteiger partial charge is 0.351 e. The normalized spacial score (nSPS) is 17.3. The standard InChI is InChI=1S/C21H21BrN2O3S/c22-16-10-11-19-18(12-16)17-8-4-5-9-20(17)28(26,27)24(19)14-21(25)23-13-15-6-2-1-3-7-15/h4-6,8-12H,1-3,7,13-14H2,(H,23,25). The third-order valence-corrected chi connectivity index (χ3v) is 7.47. The molecule has 1 heterocycles. The van der Waals surface area contributed by atoms with Gasteiger partial charge in [0.05, 0.1) is 10.6 Å². The van der Waals surface area contributed by atoms with Gasteiger partial charge in [-0.05, 0) is 49.9 Å². The highest BCUT2D eigenvalue weighted by Crippen LogP contribution is 2.43. The second-order valence-corrected chi connectivity index (χ2v) is 9.80. The zero-order valence-electron chi connectivity index (χ0n) is 15.3. The van der Waals surface area contributed by atoms with Crippen molar-refractivity contribution in [3.8, 4) is 11.1 Å². The molecule has 0 bridgehead atoms. The molecule has 1 aliphatic carbocycles. The maximum Gasteiger partial charge on any atom is 0.265 e. The second kappa shape index (κ2) is 7.72. The van der Waals surface area contributed by atoms with Gasteiger partial charge in [0.1, 0.15) is 6.54 Å². The maximum atomic E-state index is 13.2. The molecule has 0 fully saturated rings. The lowest BCUT2D eigenvalue weighted by Crippen LogP contribution is -2.43. The number of allylic oxidation sites excluding steroid dienone is 1. The van der Waals surface area contributed by atoms with Crippen LogP contribution in [-0.4, -0.2) is 27.4 Å². The summed E-state index contributed by atoms with van der Waals surface area (Å²) in [6.07, 6.45) is 6.54. The van der Waals surface area contributed by atoms with Crippen molar-refractivity contribution in [3.63, 3.8) is 0 Å². The van der Waals surface area contributed by atoms with Crippen LogP contribution in [0.2, 0.25) is 0 Å². The molecule has 0 radical (unpaired) electrons. The van der Waals surface area contributed by atoms with Crippen LogP contribution < -0.4 is 9.62 Å². The quantitative estimate of drug-likeness (QED) is 0.693. The van der Waals surface area contributed by atoms with Gasteiger partial charge < -0.3 is 5.32 Å². The van der Waals surface area contributed by atoms with E-state index in [1.54, 1.807) is 30.3 Å².